The maximum atomic E-state index is 12.6. The molecule has 0 saturated heterocycles. The molecule has 2 aromatic rings. The van der Waals surface area contributed by atoms with Crippen molar-refractivity contribution in [3.05, 3.63) is 65.2 Å². The summed E-state index contributed by atoms with van der Waals surface area (Å²) in [6, 6.07) is 15.7. The van der Waals surface area contributed by atoms with Gasteiger partial charge in [-0.3, -0.25) is 4.79 Å². The molecule has 0 saturated carbocycles. The number of ether oxygens (including phenoxy) is 1. The first-order valence-electron chi connectivity index (χ1n) is 7.28. The van der Waals surface area contributed by atoms with Crippen LogP contribution in [0.4, 0.5) is 5.69 Å². The largest absolute Gasteiger partial charge is 0.384 e. The molecule has 22 heavy (non-hydrogen) atoms. The third-order valence-electron chi connectivity index (χ3n) is 3.69. The van der Waals surface area contributed by atoms with Gasteiger partial charge in [-0.15, -0.1) is 0 Å². The standard InChI is InChI=1S/C19H17NO2/c1-22-13-12-19(21)20-14-17-8-3-2-6-15(17)10-11-16-7-4-5-9-18(16)20/h2-9H,12-14H2,1H3. The Labute approximate surface area is 130 Å². The lowest BCUT2D eigenvalue weighted by molar-refractivity contribution is -0.119. The molecule has 0 aliphatic carbocycles. The van der Waals surface area contributed by atoms with Crippen molar-refractivity contribution < 1.29 is 9.53 Å². The number of rotatable bonds is 3. The van der Waals surface area contributed by atoms with Crippen LogP contribution in [0.15, 0.2) is 48.5 Å². The van der Waals surface area contributed by atoms with E-state index in [4.69, 9.17) is 4.74 Å². The first-order valence-corrected chi connectivity index (χ1v) is 7.28. The molecule has 110 valence electrons. The molecule has 3 nitrogen and oxygen atoms in total. The molecular formula is C19H17NO2. The maximum Gasteiger partial charge on any atom is 0.229 e. The van der Waals surface area contributed by atoms with Gasteiger partial charge in [-0.2, -0.15) is 0 Å². The van der Waals surface area contributed by atoms with Crippen molar-refractivity contribution >= 4 is 11.6 Å². The van der Waals surface area contributed by atoms with Crippen LogP contribution in [0.3, 0.4) is 0 Å². The van der Waals surface area contributed by atoms with Crippen molar-refractivity contribution in [1.82, 2.24) is 0 Å². The van der Waals surface area contributed by atoms with Gasteiger partial charge in [-0.1, -0.05) is 42.2 Å². The Balaban J connectivity index is 2.07. The van der Waals surface area contributed by atoms with Crippen LogP contribution in [0.25, 0.3) is 0 Å². The van der Waals surface area contributed by atoms with Crippen LogP contribution in [0.2, 0.25) is 0 Å². The normalized spacial score (nSPS) is 12.3. The minimum absolute atomic E-state index is 0.0489. The Kier molecular flexibility index (Phi) is 4.22. The van der Waals surface area contributed by atoms with Crippen LogP contribution in [0.5, 0.6) is 0 Å². The van der Waals surface area contributed by atoms with Crippen molar-refractivity contribution in [2.75, 3.05) is 18.6 Å². The number of benzene rings is 2. The zero-order chi connectivity index (χ0) is 15.4. The van der Waals surface area contributed by atoms with Gasteiger partial charge in [0.15, 0.2) is 0 Å². The summed E-state index contributed by atoms with van der Waals surface area (Å²) in [4.78, 5) is 14.4. The lowest BCUT2D eigenvalue weighted by atomic mass is 10.0. The molecule has 1 aliphatic rings. The molecule has 0 spiro atoms. The topological polar surface area (TPSA) is 29.5 Å². The molecule has 2 aromatic carbocycles. The van der Waals surface area contributed by atoms with Crippen molar-refractivity contribution in [3.8, 4) is 11.8 Å². The number of nitrogens with zero attached hydrogens (tertiary/aromatic N) is 1. The molecule has 1 heterocycles. The smallest absolute Gasteiger partial charge is 0.229 e. The average Bonchev–Trinajstić information content (AvgIpc) is 2.55. The van der Waals surface area contributed by atoms with Gasteiger partial charge in [0.25, 0.3) is 0 Å². The number of para-hydroxylation sites is 1. The van der Waals surface area contributed by atoms with Crippen molar-refractivity contribution in [1.29, 1.82) is 0 Å². The molecule has 1 aliphatic heterocycles. The molecule has 0 unspecified atom stereocenters. The van der Waals surface area contributed by atoms with Gasteiger partial charge >= 0.3 is 0 Å². The quantitative estimate of drug-likeness (QED) is 0.814. The fraction of sp³-hybridized carbons (Fsp3) is 0.211. The van der Waals surface area contributed by atoms with Gasteiger partial charge in [0, 0.05) is 18.2 Å². The van der Waals surface area contributed by atoms with Crippen LogP contribution in [0, 0.1) is 11.8 Å². The van der Waals surface area contributed by atoms with Gasteiger partial charge in [0.1, 0.15) is 0 Å². The molecule has 3 rings (SSSR count). The van der Waals surface area contributed by atoms with Gasteiger partial charge < -0.3 is 9.64 Å². The number of anilines is 1. The number of methoxy groups -OCH3 is 1. The first-order chi connectivity index (χ1) is 10.8. The van der Waals surface area contributed by atoms with Crippen LogP contribution in [-0.2, 0) is 16.1 Å². The van der Waals surface area contributed by atoms with Crippen molar-refractivity contribution in [2.24, 2.45) is 0 Å². The number of hydrogen-bond acceptors (Lipinski definition) is 2. The minimum atomic E-state index is 0.0489. The second-order valence-electron chi connectivity index (χ2n) is 5.15. The second-order valence-corrected chi connectivity index (χ2v) is 5.15. The highest BCUT2D eigenvalue weighted by atomic mass is 16.5. The highest BCUT2D eigenvalue weighted by Gasteiger charge is 2.20. The Morgan fingerprint density at radius 1 is 1.09 bits per heavy atom. The third kappa shape index (κ3) is 2.88. The molecule has 0 N–H and O–H groups in total. The van der Waals surface area contributed by atoms with Crippen LogP contribution in [0.1, 0.15) is 23.1 Å². The monoisotopic (exact) mass is 291 g/mol. The maximum absolute atomic E-state index is 12.6. The van der Waals surface area contributed by atoms with E-state index in [1.54, 1.807) is 12.0 Å². The Hall–Kier alpha value is -2.57. The zero-order valence-corrected chi connectivity index (χ0v) is 12.5. The van der Waals surface area contributed by atoms with Gasteiger partial charge in [0.05, 0.1) is 25.3 Å². The first kappa shape index (κ1) is 14.4. The predicted octanol–water partition coefficient (Wildman–Crippen LogP) is 2.97. The number of fused-ring (bicyclic) bond motifs is 2. The molecule has 0 fully saturated rings. The molecule has 0 radical (unpaired) electrons. The number of hydrogen-bond donors (Lipinski definition) is 0. The molecular weight excluding hydrogens is 274 g/mol. The van der Waals surface area contributed by atoms with E-state index in [2.05, 4.69) is 11.8 Å². The Bertz CT molecular complexity index is 755. The Morgan fingerprint density at radius 2 is 1.77 bits per heavy atom. The number of carbonyl (C=O) groups is 1. The summed E-state index contributed by atoms with van der Waals surface area (Å²) in [5, 5.41) is 0. The highest BCUT2D eigenvalue weighted by molar-refractivity contribution is 5.95. The zero-order valence-electron chi connectivity index (χ0n) is 12.5. The van der Waals surface area contributed by atoms with Crippen LogP contribution < -0.4 is 4.90 Å². The fourth-order valence-electron chi connectivity index (χ4n) is 2.53. The van der Waals surface area contributed by atoms with Crippen LogP contribution >= 0.6 is 0 Å². The summed E-state index contributed by atoms with van der Waals surface area (Å²) in [7, 11) is 1.61. The lowest BCUT2D eigenvalue weighted by Crippen LogP contribution is -2.32. The summed E-state index contributed by atoms with van der Waals surface area (Å²) in [5.41, 5.74) is 3.78. The number of carbonyl (C=O) groups excluding carboxylic acids is 1. The van der Waals surface area contributed by atoms with Gasteiger partial charge in [-0.05, 0) is 23.8 Å². The van der Waals surface area contributed by atoms with E-state index in [-0.39, 0.29) is 5.91 Å². The summed E-state index contributed by atoms with van der Waals surface area (Å²) in [6.07, 6.45) is 0.362. The minimum Gasteiger partial charge on any atom is -0.384 e. The summed E-state index contributed by atoms with van der Waals surface area (Å²) < 4.78 is 5.04. The Morgan fingerprint density at radius 3 is 2.59 bits per heavy atom. The van der Waals surface area contributed by atoms with E-state index in [1.165, 1.54) is 0 Å². The third-order valence-corrected chi connectivity index (χ3v) is 3.69. The van der Waals surface area contributed by atoms with E-state index in [0.29, 0.717) is 19.6 Å². The molecule has 0 bridgehead atoms. The summed E-state index contributed by atoms with van der Waals surface area (Å²) >= 11 is 0. The second kappa shape index (κ2) is 6.46. The lowest BCUT2D eigenvalue weighted by Gasteiger charge is -2.26. The molecule has 0 aromatic heterocycles. The van der Waals surface area contributed by atoms with Crippen LogP contribution in [-0.4, -0.2) is 19.6 Å². The SMILES string of the molecule is COCCC(=O)N1Cc2ccccc2C#Cc2ccccc21. The van der Waals surface area contributed by atoms with Gasteiger partial charge in [0.2, 0.25) is 5.91 Å². The van der Waals surface area contributed by atoms with E-state index < -0.39 is 0 Å². The summed E-state index contributed by atoms with van der Waals surface area (Å²) in [5.74, 6) is 6.45. The van der Waals surface area contributed by atoms with Crippen molar-refractivity contribution in [3.63, 3.8) is 0 Å². The van der Waals surface area contributed by atoms with E-state index >= 15 is 0 Å². The highest BCUT2D eigenvalue weighted by Crippen LogP contribution is 2.25. The average molecular weight is 291 g/mol. The van der Waals surface area contributed by atoms with E-state index in [1.807, 2.05) is 48.5 Å². The summed E-state index contributed by atoms with van der Waals surface area (Å²) in [6.45, 7) is 0.954. The molecule has 1 amide bonds. The van der Waals surface area contributed by atoms with Crippen molar-refractivity contribution in [2.45, 2.75) is 13.0 Å². The van der Waals surface area contributed by atoms with E-state index in [9.17, 15) is 4.79 Å². The molecule has 0 atom stereocenters. The molecule has 3 heteroatoms. The fourth-order valence-corrected chi connectivity index (χ4v) is 2.53. The van der Waals surface area contributed by atoms with E-state index in [0.717, 1.165) is 22.4 Å². The number of amides is 1. The van der Waals surface area contributed by atoms with Gasteiger partial charge in [-0.25, -0.2) is 0 Å². The predicted molar refractivity (Wildman–Crippen MR) is 86.5 cm³/mol.